The van der Waals surface area contributed by atoms with E-state index in [0.717, 1.165) is 45.7 Å². The molecule has 4 aliphatic heterocycles. The minimum atomic E-state index is -0.427. The van der Waals surface area contributed by atoms with Crippen LogP contribution in [0.2, 0.25) is 0 Å². The number of benzene rings is 2. The average molecular weight is 518 g/mol. The van der Waals surface area contributed by atoms with Crippen molar-refractivity contribution in [1.29, 1.82) is 5.26 Å². The van der Waals surface area contributed by atoms with E-state index in [1.807, 2.05) is 6.92 Å². The summed E-state index contributed by atoms with van der Waals surface area (Å²) in [6.07, 6.45) is 3.14. The summed E-state index contributed by atoms with van der Waals surface area (Å²) >= 11 is 0. The molecule has 2 aromatic rings. The number of aliphatic hydroxyl groups is 1. The lowest BCUT2D eigenvalue weighted by atomic mass is 9.71. The van der Waals surface area contributed by atoms with Crippen LogP contribution in [0.4, 0.5) is 0 Å². The van der Waals surface area contributed by atoms with Crippen molar-refractivity contribution in [2.45, 2.75) is 63.8 Å². The zero-order valence-corrected chi connectivity index (χ0v) is 22.7. The van der Waals surface area contributed by atoms with Crippen LogP contribution in [0.5, 0.6) is 23.0 Å². The molecule has 4 heterocycles. The van der Waals surface area contributed by atoms with E-state index in [1.54, 1.807) is 13.2 Å². The second-order valence-corrected chi connectivity index (χ2v) is 10.8. The first-order valence-electron chi connectivity index (χ1n) is 13.2. The number of piperazine rings is 1. The fourth-order valence-corrected chi connectivity index (χ4v) is 7.68. The summed E-state index contributed by atoms with van der Waals surface area (Å²) in [5, 5.41) is 21.5. The Morgan fingerprint density at radius 2 is 1.89 bits per heavy atom. The third kappa shape index (κ3) is 3.25. The Balaban J connectivity index is 1.60. The van der Waals surface area contributed by atoms with Crippen LogP contribution in [0.1, 0.15) is 51.0 Å². The SMILES string of the molecule is C=CCOc1c(C)c2c(c3c1CC1C4c5c(cc(C)c(OC)c5C)C[C@@H]([C@H](C#N)N1[C@H]3CO)N4C)OCO2. The quantitative estimate of drug-likeness (QED) is 0.601. The van der Waals surface area contributed by atoms with E-state index in [0.29, 0.717) is 24.5 Å². The Morgan fingerprint density at radius 1 is 1.13 bits per heavy atom. The molecule has 0 spiro atoms. The summed E-state index contributed by atoms with van der Waals surface area (Å²) in [6.45, 7) is 10.4. The number of rotatable bonds is 5. The van der Waals surface area contributed by atoms with Gasteiger partial charge in [0.1, 0.15) is 24.1 Å². The molecule has 0 saturated carbocycles. The van der Waals surface area contributed by atoms with Crippen LogP contribution in [0.25, 0.3) is 0 Å². The number of aliphatic hydroxyl groups excluding tert-OH is 1. The number of aryl methyl sites for hydroxylation is 1. The highest BCUT2D eigenvalue weighted by Gasteiger charge is 2.56. The molecule has 0 radical (unpaired) electrons. The topological polar surface area (TPSA) is 87.4 Å². The molecule has 1 saturated heterocycles. The Labute approximate surface area is 224 Å². The minimum absolute atomic E-state index is 0.0105. The highest BCUT2D eigenvalue weighted by molar-refractivity contribution is 5.66. The van der Waals surface area contributed by atoms with E-state index in [9.17, 15) is 10.4 Å². The molecule has 2 unspecified atom stereocenters. The molecule has 5 atom stereocenters. The van der Waals surface area contributed by atoms with Gasteiger partial charge in [-0.25, -0.2) is 0 Å². The average Bonchev–Trinajstić information content (AvgIpc) is 3.39. The van der Waals surface area contributed by atoms with Gasteiger partial charge in [0.25, 0.3) is 0 Å². The monoisotopic (exact) mass is 517 g/mol. The summed E-state index contributed by atoms with van der Waals surface area (Å²) in [4.78, 5) is 4.63. The third-order valence-electron chi connectivity index (χ3n) is 9.06. The van der Waals surface area contributed by atoms with Gasteiger partial charge in [0, 0.05) is 28.8 Å². The number of nitriles is 1. The van der Waals surface area contributed by atoms with E-state index >= 15 is 0 Å². The summed E-state index contributed by atoms with van der Waals surface area (Å²) in [6, 6.07) is 3.97. The van der Waals surface area contributed by atoms with Crippen molar-refractivity contribution in [2.24, 2.45) is 0 Å². The maximum absolute atomic E-state index is 10.9. The van der Waals surface area contributed by atoms with Crippen molar-refractivity contribution in [2.75, 3.05) is 34.2 Å². The standard InChI is InChI=1S/C30H35N3O5/c1-7-8-36-28-17(4)29-30(38-14-37-29)25-19(28)11-21-26-24-16(3)27(35-6)15(2)9-18(24)10-20(32(26)5)22(12-31)33(21)23(25)13-34/h7,9,20-23,26,34H,1,8,10-11,13-14H2,2-6H3/t20-,21?,22-,23-,26?/m0/s1. The number of methoxy groups -OCH3 is 1. The van der Waals surface area contributed by atoms with Gasteiger partial charge in [0.15, 0.2) is 11.5 Å². The Bertz CT molecular complexity index is 1370. The largest absolute Gasteiger partial charge is 0.496 e. The number of hydrogen-bond acceptors (Lipinski definition) is 8. The molecule has 2 bridgehead atoms. The van der Waals surface area contributed by atoms with Crippen molar-refractivity contribution < 1.29 is 24.1 Å². The van der Waals surface area contributed by atoms with Crippen LogP contribution in [-0.4, -0.2) is 67.2 Å². The number of likely N-dealkylation sites (N-methyl/N-ethyl adjacent to an activating group) is 1. The molecular formula is C30H35N3O5. The third-order valence-corrected chi connectivity index (χ3v) is 9.06. The van der Waals surface area contributed by atoms with Gasteiger partial charge >= 0.3 is 0 Å². The number of fused-ring (bicyclic) bond motifs is 9. The summed E-state index contributed by atoms with van der Waals surface area (Å²) in [7, 11) is 3.86. The van der Waals surface area contributed by atoms with Crippen LogP contribution < -0.4 is 18.9 Å². The van der Waals surface area contributed by atoms with Crippen LogP contribution in [-0.2, 0) is 12.8 Å². The molecule has 200 valence electrons. The Hall–Kier alpha value is -3.25. The van der Waals surface area contributed by atoms with Gasteiger partial charge in [-0.2, -0.15) is 5.26 Å². The second-order valence-electron chi connectivity index (χ2n) is 10.8. The van der Waals surface area contributed by atoms with E-state index in [-0.39, 0.29) is 31.5 Å². The van der Waals surface area contributed by atoms with Crippen LogP contribution in [0.3, 0.4) is 0 Å². The van der Waals surface area contributed by atoms with Gasteiger partial charge in [-0.05, 0) is 62.9 Å². The lowest BCUT2D eigenvalue weighted by Gasteiger charge is -2.60. The number of nitrogens with zero attached hydrogens (tertiary/aromatic N) is 3. The summed E-state index contributed by atoms with van der Waals surface area (Å²) < 4.78 is 24.0. The highest BCUT2D eigenvalue weighted by Crippen LogP contribution is 2.57. The number of hydrogen-bond donors (Lipinski definition) is 1. The molecule has 1 fully saturated rings. The smallest absolute Gasteiger partial charge is 0.231 e. The van der Waals surface area contributed by atoms with Gasteiger partial charge in [0.05, 0.1) is 31.9 Å². The first-order valence-corrected chi connectivity index (χ1v) is 13.2. The first kappa shape index (κ1) is 25.1. The molecule has 0 aromatic heterocycles. The van der Waals surface area contributed by atoms with E-state index in [1.165, 1.54) is 11.1 Å². The Morgan fingerprint density at radius 3 is 2.58 bits per heavy atom. The van der Waals surface area contributed by atoms with Crippen molar-refractivity contribution >= 4 is 0 Å². The molecule has 38 heavy (non-hydrogen) atoms. The van der Waals surface area contributed by atoms with Crippen LogP contribution in [0, 0.1) is 32.1 Å². The molecule has 0 aliphatic carbocycles. The lowest BCUT2D eigenvalue weighted by Crippen LogP contribution is -2.68. The molecule has 8 nitrogen and oxygen atoms in total. The molecule has 4 aliphatic rings. The van der Waals surface area contributed by atoms with E-state index in [4.69, 9.17) is 18.9 Å². The van der Waals surface area contributed by atoms with Gasteiger partial charge in [-0.15, -0.1) is 0 Å². The van der Waals surface area contributed by atoms with Crippen molar-refractivity contribution in [3.63, 3.8) is 0 Å². The van der Waals surface area contributed by atoms with Crippen LogP contribution >= 0.6 is 0 Å². The lowest BCUT2D eigenvalue weighted by molar-refractivity contribution is -0.0821. The first-order chi connectivity index (χ1) is 18.4. The molecule has 8 heteroatoms. The van der Waals surface area contributed by atoms with Crippen molar-refractivity contribution in [3.05, 3.63) is 57.7 Å². The summed E-state index contributed by atoms with van der Waals surface area (Å²) in [5.74, 6) is 2.99. The maximum atomic E-state index is 10.9. The summed E-state index contributed by atoms with van der Waals surface area (Å²) in [5.41, 5.74) is 7.59. The predicted octanol–water partition coefficient (Wildman–Crippen LogP) is 3.68. The fourth-order valence-electron chi connectivity index (χ4n) is 7.68. The van der Waals surface area contributed by atoms with Gasteiger partial charge in [0.2, 0.25) is 6.79 Å². The molecule has 0 amide bonds. The van der Waals surface area contributed by atoms with Gasteiger partial charge < -0.3 is 24.1 Å². The van der Waals surface area contributed by atoms with Crippen molar-refractivity contribution in [1.82, 2.24) is 9.80 Å². The fraction of sp³-hybridized carbons (Fsp3) is 0.500. The Kier molecular flexibility index (Phi) is 6.06. The van der Waals surface area contributed by atoms with Crippen LogP contribution in [0.15, 0.2) is 18.7 Å². The zero-order valence-electron chi connectivity index (χ0n) is 22.7. The van der Waals surface area contributed by atoms with Gasteiger partial charge in [-0.3, -0.25) is 9.80 Å². The molecule has 1 N–H and O–H groups in total. The number of ether oxygens (including phenoxy) is 4. The minimum Gasteiger partial charge on any atom is -0.496 e. The zero-order chi connectivity index (χ0) is 26.9. The highest BCUT2D eigenvalue weighted by atomic mass is 16.7. The maximum Gasteiger partial charge on any atom is 0.231 e. The van der Waals surface area contributed by atoms with E-state index in [2.05, 4.69) is 49.4 Å². The molecular weight excluding hydrogens is 482 g/mol. The molecule has 6 rings (SSSR count). The van der Waals surface area contributed by atoms with Crippen molar-refractivity contribution in [3.8, 4) is 29.1 Å². The normalized spacial score (nSPS) is 27.1. The van der Waals surface area contributed by atoms with E-state index < -0.39 is 12.1 Å². The van der Waals surface area contributed by atoms with Gasteiger partial charge in [-0.1, -0.05) is 18.7 Å². The molecule has 2 aromatic carbocycles. The predicted molar refractivity (Wildman–Crippen MR) is 142 cm³/mol. The second kappa shape index (κ2) is 9.19.